The van der Waals surface area contributed by atoms with E-state index in [1.54, 1.807) is 18.2 Å². The van der Waals surface area contributed by atoms with Crippen LogP contribution in [-0.2, 0) is 0 Å². The molecule has 0 aromatic heterocycles. The molecule has 2 unspecified atom stereocenters. The van der Waals surface area contributed by atoms with E-state index >= 15 is 0 Å². The predicted octanol–water partition coefficient (Wildman–Crippen LogP) is 8.31. The summed E-state index contributed by atoms with van der Waals surface area (Å²) in [6.07, 6.45) is 0.148. The van der Waals surface area contributed by atoms with Crippen LogP contribution in [0.3, 0.4) is 0 Å². The van der Waals surface area contributed by atoms with Gasteiger partial charge in [0, 0.05) is 32.1 Å². The van der Waals surface area contributed by atoms with E-state index in [9.17, 15) is 0 Å². The van der Waals surface area contributed by atoms with Gasteiger partial charge < -0.3 is 4.74 Å². The fourth-order valence-electron chi connectivity index (χ4n) is 3.84. The van der Waals surface area contributed by atoms with Gasteiger partial charge in [0.05, 0.1) is 21.8 Å². The zero-order chi connectivity index (χ0) is 21.0. The Labute approximate surface area is 202 Å². The van der Waals surface area contributed by atoms with Crippen molar-refractivity contribution in [2.24, 2.45) is 5.10 Å². The van der Waals surface area contributed by atoms with Gasteiger partial charge in [-0.05, 0) is 42.0 Å². The first-order valence-corrected chi connectivity index (χ1v) is 11.4. The van der Waals surface area contributed by atoms with Crippen molar-refractivity contribution < 1.29 is 4.74 Å². The number of halogens is 5. The van der Waals surface area contributed by atoms with Crippen molar-refractivity contribution in [1.29, 1.82) is 0 Å². The number of benzene rings is 3. The third-order valence-electron chi connectivity index (χ3n) is 5.21. The Morgan fingerprint density at radius 1 is 0.867 bits per heavy atom. The molecule has 2 atom stereocenters. The fourth-order valence-corrected chi connectivity index (χ4v) is 5.16. The molecule has 0 spiro atoms. The first kappa shape index (κ1) is 20.5. The highest BCUT2D eigenvalue weighted by molar-refractivity contribution is 9.10. The summed E-state index contributed by atoms with van der Waals surface area (Å²) in [5.74, 6) is 0.602. The summed E-state index contributed by atoms with van der Waals surface area (Å²) in [6, 6.07) is 16.9. The maximum atomic E-state index is 6.52. The third kappa shape index (κ3) is 3.59. The molecule has 5 rings (SSSR count). The van der Waals surface area contributed by atoms with Gasteiger partial charge in [0.15, 0.2) is 0 Å². The van der Waals surface area contributed by atoms with Gasteiger partial charge in [0.1, 0.15) is 5.75 Å². The summed E-state index contributed by atoms with van der Waals surface area (Å²) in [5.41, 5.74) is 3.67. The Morgan fingerprint density at radius 2 is 1.60 bits per heavy atom. The molecule has 2 aliphatic rings. The first-order valence-electron chi connectivity index (χ1n) is 9.13. The second-order valence-corrected chi connectivity index (χ2v) is 9.70. The lowest BCUT2D eigenvalue weighted by atomic mass is 9.96. The van der Waals surface area contributed by atoms with E-state index in [2.05, 4.69) is 15.9 Å². The van der Waals surface area contributed by atoms with Gasteiger partial charge in [0.2, 0.25) is 6.23 Å². The molecule has 0 fully saturated rings. The number of hydrazone groups is 1. The SMILES string of the molecule is Clc1ccc(C2Oc3c(Cl)cc(Cl)cc3C3CC(c4ccc(Br)cc4)=NN32)c(Cl)c1. The van der Waals surface area contributed by atoms with Gasteiger partial charge in [-0.1, -0.05) is 80.5 Å². The van der Waals surface area contributed by atoms with Gasteiger partial charge in [-0.2, -0.15) is 5.10 Å². The van der Waals surface area contributed by atoms with Crippen molar-refractivity contribution >= 4 is 68.0 Å². The molecule has 0 aliphatic carbocycles. The van der Waals surface area contributed by atoms with Crippen LogP contribution in [-0.4, -0.2) is 10.7 Å². The molecule has 0 N–H and O–H groups in total. The van der Waals surface area contributed by atoms with Crippen molar-refractivity contribution in [2.75, 3.05) is 0 Å². The number of ether oxygens (including phenoxy) is 1. The highest BCUT2D eigenvalue weighted by Crippen LogP contribution is 2.51. The lowest BCUT2D eigenvalue weighted by Crippen LogP contribution is -2.34. The summed E-state index contributed by atoms with van der Waals surface area (Å²) in [4.78, 5) is 0. The van der Waals surface area contributed by atoms with Gasteiger partial charge >= 0.3 is 0 Å². The van der Waals surface area contributed by atoms with Crippen LogP contribution in [0, 0.1) is 0 Å². The largest absolute Gasteiger partial charge is 0.463 e. The molecular formula is C22H13BrCl4N2O. The molecule has 0 bridgehead atoms. The third-order valence-corrected chi connectivity index (χ3v) is 6.80. The van der Waals surface area contributed by atoms with E-state index < -0.39 is 6.23 Å². The van der Waals surface area contributed by atoms with Crippen molar-refractivity contribution in [3.8, 4) is 5.75 Å². The lowest BCUT2D eigenvalue weighted by molar-refractivity contribution is -0.0188. The lowest BCUT2D eigenvalue weighted by Gasteiger charge is -2.39. The summed E-state index contributed by atoms with van der Waals surface area (Å²) in [7, 11) is 0. The van der Waals surface area contributed by atoms with E-state index in [0.717, 1.165) is 26.9 Å². The Kier molecular flexibility index (Phi) is 5.41. The molecule has 152 valence electrons. The van der Waals surface area contributed by atoms with Crippen LogP contribution in [0.2, 0.25) is 20.1 Å². The molecular weight excluding hydrogens is 530 g/mol. The number of hydrogen-bond acceptors (Lipinski definition) is 3. The Hall–Kier alpha value is -1.43. The van der Waals surface area contributed by atoms with Crippen LogP contribution in [0.1, 0.15) is 35.4 Å². The van der Waals surface area contributed by atoms with E-state index in [1.165, 1.54) is 0 Å². The molecule has 3 aromatic rings. The fraction of sp³-hybridized carbons (Fsp3) is 0.136. The zero-order valence-electron chi connectivity index (χ0n) is 15.3. The van der Waals surface area contributed by atoms with Crippen LogP contribution in [0.4, 0.5) is 0 Å². The number of hydrogen-bond donors (Lipinski definition) is 0. The summed E-state index contributed by atoms with van der Waals surface area (Å²) < 4.78 is 7.35. The van der Waals surface area contributed by atoms with E-state index in [1.807, 2.05) is 41.4 Å². The molecule has 2 heterocycles. The zero-order valence-corrected chi connectivity index (χ0v) is 19.9. The van der Waals surface area contributed by atoms with Crippen molar-refractivity contribution in [3.63, 3.8) is 0 Å². The number of rotatable bonds is 2. The maximum absolute atomic E-state index is 6.52. The minimum atomic E-state index is -0.543. The smallest absolute Gasteiger partial charge is 0.215 e. The number of nitrogens with zero attached hydrogens (tertiary/aromatic N) is 2. The minimum absolute atomic E-state index is 0.0830. The minimum Gasteiger partial charge on any atom is -0.463 e. The highest BCUT2D eigenvalue weighted by Gasteiger charge is 2.42. The summed E-state index contributed by atoms with van der Waals surface area (Å²) in [6.45, 7) is 0. The number of fused-ring (bicyclic) bond motifs is 3. The van der Waals surface area contributed by atoms with Gasteiger partial charge in [0.25, 0.3) is 0 Å². The Morgan fingerprint density at radius 3 is 2.33 bits per heavy atom. The maximum Gasteiger partial charge on any atom is 0.215 e. The first-order chi connectivity index (χ1) is 14.4. The molecule has 3 aromatic carbocycles. The second-order valence-electron chi connectivity index (χ2n) is 7.10. The molecule has 0 saturated carbocycles. The van der Waals surface area contributed by atoms with Crippen molar-refractivity contribution in [1.82, 2.24) is 5.01 Å². The average Bonchev–Trinajstić information content (AvgIpc) is 3.14. The topological polar surface area (TPSA) is 24.8 Å². The highest BCUT2D eigenvalue weighted by atomic mass is 79.9. The normalized spacial score (nSPS) is 19.8. The van der Waals surface area contributed by atoms with Crippen molar-refractivity contribution in [3.05, 3.63) is 95.9 Å². The molecule has 2 aliphatic heterocycles. The Bertz CT molecular complexity index is 1180. The molecule has 0 amide bonds. The molecule has 3 nitrogen and oxygen atoms in total. The molecule has 0 saturated heterocycles. The molecule has 8 heteroatoms. The summed E-state index contributed by atoms with van der Waals surface area (Å²) in [5, 5.41) is 8.94. The van der Waals surface area contributed by atoms with Crippen LogP contribution in [0.15, 0.2) is 64.2 Å². The average molecular weight is 543 g/mol. The molecule has 0 radical (unpaired) electrons. The van der Waals surface area contributed by atoms with Gasteiger partial charge in [-0.3, -0.25) is 0 Å². The van der Waals surface area contributed by atoms with Crippen LogP contribution in [0.5, 0.6) is 5.75 Å². The van der Waals surface area contributed by atoms with Crippen LogP contribution < -0.4 is 4.74 Å². The Balaban J connectivity index is 1.64. The van der Waals surface area contributed by atoms with Gasteiger partial charge in [-0.25, -0.2) is 5.01 Å². The van der Waals surface area contributed by atoms with E-state index in [-0.39, 0.29) is 6.04 Å². The van der Waals surface area contributed by atoms with Crippen molar-refractivity contribution in [2.45, 2.75) is 18.7 Å². The van der Waals surface area contributed by atoms with Crippen LogP contribution in [0.25, 0.3) is 0 Å². The summed E-state index contributed by atoms with van der Waals surface area (Å²) >= 11 is 28.9. The van der Waals surface area contributed by atoms with Gasteiger partial charge in [-0.15, -0.1) is 0 Å². The van der Waals surface area contributed by atoms with Crippen LogP contribution >= 0.6 is 62.3 Å². The standard InChI is InChI=1S/C22H13BrCl4N2O/c23-12-3-1-11(2-4-12)19-10-20-16-7-14(25)9-18(27)21(16)30-22(29(20)28-19)15-6-5-13(24)8-17(15)26/h1-9,20,22H,10H2. The van der Waals surface area contributed by atoms with E-state index in [0.29, 0.717) is 32.3 Å². The second kappa shape index (κ2) is 7.92. The quantitative estimate of drug-likeness (QED) is 0.325. The molecule has 30 heavy (non-hydrogen) atoms. The predicted molar refractivity (Wildman–Crippen MR) is 126 cm³/mol. The monoisotopic (exact) mass is 540 g/mol. The van der Waals surface area contributed by atoms with E-state index in [4.69, 9.17) is 56.2 Å².